The van der Waals surface area contributed by atoms with E-state index >= 15 is 0 Å². The molecule has 0 heterocycles. The van der Waals surface area contributed by atoms with Crippen molar-refractivity contribution >= 4 is 0 Å². The molecular weight excluding hydrogens is 152 g/mol. The molecule has 0 aliphatic heterocycles. The molecule has 0 amide bonds. The molecule has 2 N–H and O–H groups in total. The van der Waals surface area contributed by atoms with Crippen LogP contribution < -0.4 is 0 Å². The summed E-state index contributed by atoms with van der Waals surface area (Å²) >= 11 is 0. The molecule has 0 aromatic carbocycles. The number of hydrogen-bond donors (Lipinski definition) is 2. The quantitative estimate of drug-likeness (QED) is 0.630. The van der Waals surface area contributed by atoms with E-state index in [0.29, 0.717) is 6.42 Å². The van der Waals surface area contributed by atoms with Gasteiger partial charge in [0.1, 0.15) is 0 Å². The Kier molecular flexibility index (Phi) is 4.86. The van der Waals surface area contributed by atoms with Gasteiger partial charge in [0.2, 0.25) is 0 Å². The van der Waals surface area contributed by atoms with E-state index in [9.17, 15) is 10.2 Å². The highest BCUT2D eigenvalue weighted by atomic mass is 16.3. The third-order valence-electron chi connectivity index (χ3n) is 1.61. The molecule has 0 bridgehead atoms. The van der Waals surface area contributed by atoms with Crippen molar-refractivity contribution in [1.29, 1.82) is 0 Å². The fourth-order valence-corrected chi connectivity index (χ4v) is 0.686. The van der Waals surface area contributed by atoms with Crippen LogP contribution in [0.4, 0.5) is 0 Å². The predicted octanol–water partition coefficient (Wildman–Crippen LogP) is 1.64. The standard InChI is InChI=1S/C10H18O2/c1-4-5-6-7-8-9(11)10(2,3)12/h4-7,9,11-12H,8H2,1-3H3. The van der Waals surface area contributed by atoms with Gasteiger partial charge in [-0.3, -0.25) is 0 Å². The molecule has 0 aromatic heterocycles. The second kappa shape index (κ2) is 5.12. The largest absolute Gasteiger partial charge is 0.390 e. The molecule has 0 spiro atoms. The Balaban J connectivity index is 3.79. The molecule has 0 saturated heterocycles. The van der Waals surface area contributed by atoms with Gasteiger partial charge in [-0.2, -0.15) is 0 Å². The maximum Gasteiger partial charge on any atom is 0.0856 e. The first-order valence-corrected chi connectivity index (χ1v) is 4.16. The van der Waals surface area contributed by atoms with Crippen LogP contribution in [0.2, 0.25) is 0 Å². The third kappa shape index (κ3) is 5.10. The van der Waals surface area contributed by atoms with E-state index in [4.69, 9.17) is 0 Å². The normalized spacial score (nSPS) is 16.1. The molecule has 0 aliphatic rings. The second-order valence-corrected chi connectivity index (χ2v) is 3.36. The van der Waals surface area contributed by atoms with Crippen LogP contribution in [-0.2, 0) is 0 Å². The minimum atomic E-state index is -1.01. The summed E-state index contributed by atoms with van der Waals surface area (Å²) in [6, 6.07) is 0. The number of aliphatic hydroxyl groups excluding tert-OH is 1. The van der Waals surface area contributed by atoms with E-state index in [1.54, 1.807) is 13.8 Å². The van der Waals surface area contributed by atoms with Crippen molar-refractivity contribution in [2.24, 2.45) is 0 Å². The molecule has 0 fully saturated rings. The van der Waals surface area contributed by atoms with Gasteiger partial charge >= 0.3 is 0 Å². The summed E-state index contributed by atoms with van der Waals surface area (Å²) in [6.45, 7) is 5.12. The van der Waals surface area contributed by atoms with Crippen LogP contribution in [0.25, 0.3) is 0 Å². The van der Waals surface area contributed by atoms with Gasteiger partial charge in [0.15, 0.2) is 0 Å². The molecule has 0 aromatic rings. The zero-order valence-corrected chi connectivity index (χ0v) is 7.99. The Morgan fingerprint density at radius 3 is 2.33 bits per heavy atom. The molecule has 2 heteroatoms. The minimum Gasteiger partial charge on any atom is -0.390 e. The number of hydrogen-bond acceptors (Lipinski definition) is 2. The maximum atomic E-state index is 9.36. The first kappa shape index (κ1) is 11.4. The fourth-order valence-electron chi connectivity index (χ4n) is 0.686. The first-order chi connectivity index (χ1) is 5.48. The monoisotopic (exact) mass is 170 g/mol. The van der Waals surface area contributed by atoms with Crippen LogP contribution in [0.15, 0.2) is 24.3 Å². The molecule has 12 heavy (non-hydrogen) atoms. The average Bonchev–Trinajstić information content (AvgIpc) is 1.96. The van der Waals surface area contributed by atoms with Crippen molar-refractivity contribution in [1.82, 2.24) is 0 Å². The molecule has 1 unspecified atom stereocenters. The van der Waals surface area contributed by atoms with Gasteiger partial charge in [0.05, 0.1) is 11.7 Å². The Morgan fingerprint density at radius 1 is 1.33 bits per heavy atom. The van der Waals surface area contributed by atoms with Crippen molar-refractivity contribution in [3.8, 4) is 0 Å². The van der Waals surface area contributed by atoms with Crippen LogP contribution >= 0.6 is 0 Å². The van der Waals surface area contributed by atoms with Gasteiger partial charge in [-0.15, -0.1) is 0 Å². The molecule has 1 atom stereocenters. The Morgan fingerprint density at radius 2 is 1.92 bits per heavy atom. The lowest BCUT2D eigenvalue weighted by Gasteiger charge is -2.22. The van der Waals surface area contributed by atoms with Crippen molar-refractivity contribution in [3.05, 3.63) is 24.3 Å². The molecule has 0 rings (SSSR count). The van der Waals surface area contributed by atoms with Crippen molar-refractivity contribution in [2.45, 2.75) is 38.9 Å². The lowest BCUT2D eigenvalue weighted by atomic mass is 9.99. The van der Waals surface area contributed by atoms with Gasteiger partial charge in [-0.25, -0.2) is 0 Å². The summed E-state index contributed by atoms with van der Waals surface area (Å²) in [6.07, 6.45) is 7.27. The van der Waals surface area contributed by atoms with Crippen LogP contribution in [0, 0.1) is 0 Å². The number of aliphatic hydroxyl groups is 2. The Hall–Kier alpha value is -0.600. The van der Waals surface area contributed by atoms with Crippen molar-refractivity contribution < 1.29 is 10.2 Å². The molecule has 0 saturated carbocycles. The van der Waals surface area contributed by atoms with Crippen LogP contribution in [0.5, 0.6) is 0 Å². The van der Waals surface area contributed by atoms with Gasteiger partial charge in [-0.05, 0) is 27.2 Å². The van der Waals surface area contributed by atoms with Crippen molar-refractivity contribution in [3.63, 3.8) is 0 Å². The average molecular weight is 170 g/mol. The SMILES string of the molecule is CC=CC=CCC(O)C(C)(C)O. The molecule has 0 aliphatic carbocycles. The zero-order valence-electron chi connectivity index (χ0n) is 7.99. The lowest BCUT2D eigenvalue weighted by molar-refractivity contribution is -0.0456. The summed E-state index contributed by atoms with van der Waals surface area (Å²) in [5, 5.41) is 18.7. The van der Waals surface area contributed by atoms with E-state index in [2.05, 4.69) is 0 Å². The van der Waals surface area contributed by atoms with E-state index in [-0.39, 0.29) is 0 Å². The second-order valence-electron chi connectivity index (χ2n) is 3.36. The first-order valence-electron chi connectivity index (χ1n) is 4.16. The minimum absolute atomic E-state index is 0.480. The summed E-state index contributed by atoms with van der Waals surface area (Å²) in [5.41, 5.74) is -1.01. The highest BCUT2D eigenvalue weighted by Gasteiger charge is 2.22. The summed E-state index contributed by atoms with van der Waals surface area (Å²) in [5.74, 6) is 0. The highest BCUT2D eigenvalue weighted by Crippen LogP contribution is 2.11. The molecular formula is C10H18O2. The van der Waals surface area contributed by atoms with E-state index in [0.717, 1.165) is 0 Å². The third-order valence-corrected chi connectivity index (χ3v) is 1.61. The highest BCUT2D eigenvalue weighted by molar-refractivity contribution is 5.02. The molecule has 2 nitrogen and oxygen atoms in total. The Labute approximate surface area is 74.2 Å². The Bertz CT molecular complexity index is 163. The van der Waals surface area contributed by atoms with Crippen molar-refractivity contribution in [2.75, 3.05) is 0 Å². The van der Waals surface area contributed by atoms with Crippen LogP contribution in [0.3, 0.4) is 0 Å². The predicted molar refractivity (Wildman–Crippen MR) is 50.9 cm³/mol. The topological polar surface area (TPSA) is 40.5 Å². The van der Waals surface area contributed by atoms with Gasteiger partial charge in [-0.1, -0.05) is 24.3 Å². The fraction of sp³-hybridized carbons (Fsp3) is 0.600. The molecule has 70 valence electrons. The smallest absolute Gasteiger partial charge is 0.0856 e. The summed E-state index contributed by atoms with van der Waals surface area (Å²) in [4.78, 5) is 0. The van der Waals surface area contributed by atoms with E-state index < -0.39 is 11.7 Å². The number of rotatable bonds is 4. The van der Waals surface area contributed by atoms with Gasteiger partial charge in [0.25, 0.3) is 0 Å². The zero-order chi connectivity index (χ0) is 9.61. The molecule has 0 radical (unpaired) electrons. The van der Waals surface area contributed by atoms with E-state index in [1.807, 2.05) is 31.2 Å². The van der Waals surface area contributed by atoms with Gasteiger partial charge in [0, 0.05) is 0 Å². The number of allylic oxidation sites excluding steroid dienone is 3. The van der Waals surface area contributed by atoms with Crippen LogP contribution in [-0.4, -0.2) is 21.9 Å². The van der Waals surface area contributed by atoms with Crippen LogP contribution in [0.1, 0.15) is 27.2 Å². The summed E-state index contributed by atoms with van der Waals surface area (Å²) in [7, 11) is 0. The van der Waals surface area contributed by atoms with E-state index in [1.165, 1.54) is 0 Å². The van der Waals surface area contributed by atoms with Gasteiger partial charge < -0.3 is 10.2 Å². The summed E-state index contributed by atoms with van der Waals surface area (Å²) < 4.78 is 0. The maximum absolute atomic E-state index is 9.36. The lowest BCUT2D eigenvalue weighted by Crippen LogP contribution is -2.35.